The summed E-state index contributed by atoms with van der Waals surface area (Å²) in [5.41, 5.74) is 0. The van der Waals surface area contributed by atoms with Crippen LogP contribution in [0.2, 0.25) is 0 Å². The zero-order valence-electron chi connectivity index (χ0n) is 6.69. The van der Waals surface area contributed by atoms with Crippen LogP contribution in [0.3, 0.4) is 0 Å². The molecule has 2 nitrogen and oxygen atoms in total. The molecule has 0 aromatic carbocycles. The van der Waals surface area contributed by atoms with Gasteiger partial charge in [-0.2, -0.15) is 0 Å². The van der Waals surface area contributed by atoms with Crippen molar-refractivity contribution >= 4 is 22.6 Å². The minimum Gasteiger partial charge on any atom is -0.368 e. The normalized spacial score (nSPS) is 13.5. The largest absolute Gasteiger partial charge is 0.368 e. The molecule has 0 spiro atoms. The van der Waals surface area contributed by atoms with Crippen LogP contribution in [-0.4, -0.2) is 23.8 Å². The Morgan fingerprint density at radius 1 is 1.60 bits per heavy atom. The Bertz CT molecular complexity index is 68.6. The van der Waals surface area contributed by atoms with E-state index in [-0.39, 0.29) is 0 Å². The number of rotatable bonds is 6. The lowest BCUT2D eigenvalue weighted by Crippen LogP contribution is -2.16. The van der Waals surface area contributed by atoms with Gasteiger partial charge in [0.25, 0.3) is 0 Å². The van der Waals surface area contributed by atoms with E-state index in [2.05, 4.69) is 34.8 Å². The molecule has 0 aliphatic rings. The summed E-state index contributed by atoms with van der Waals surface area (Å²) in [6.45, 7) is 7.16. The quantitative estimate of drug-likeness (QED) is 0.445. The second-order valence-corrected chi connectivity index (χ2v) is 3.88. The standard InChI is InChI=1S/C7H16INO/c1-3-9-5-4-6-10-7(2)8/h7,9H,3-6H2,1-2H3. The highest BCUT2D eigenvalue weighted by Gasteiger charge is 1.92. The Hall–Kier alpha value is 0.650. The summed E-state index contributed by atoms with van der Waals surface area (Å²) in [4.78, 5) is 0. The van der Waals surface area contributed by atoms with Crippen LogP contribution < -0.4 is 5.32 Å². The predicted octanol–water partition coefficient (Wildman–Crippen LogP) is 1.78. The van der Waals surface area contributed by atoms with E-state index in [9.17, 15) is 0 Å². The van der Waals surface area contributed by atoms with E-state index in [0.717, 1.165) is 26.1 Å². The van der Waals surface area contributed by atoms with Gasteiger partial charge in [-0.25, -0.2) is 0 Å². The van der Waals surface area contributed by atoms with Crippen molar-refractivity contribution in [1.82, 2.24) is 5.32 Å². The lowest BCUT2D eigenvalue weighted by atomic mass is 10.4. The maximum atomic E-state index is 5.34. The number of nitrogens with one attached hydrogen (secondary N) is 1. The minimum absolute atomic E-state index is 0.347. The summed E-state index contributed by atoms with van der Waals surface area (Å²) in [5.74, 6) is 0. The number of alkyl halides is 1. The van der Waals surface area contributed by atoms with Gasteiger partial charge in [-0.1, -0.05) is 29.5 Å². The predicted molar refractivity (Wildman–Crippen MR) is 52.6 cm³/mol. The Morgan fingerprint density at radius 2 is 2.30 bits per heavy atom. The molecule has 0 radical (unpaired) electrons. The van der Waals surface area contributed by atoms with Gasteiger partial charge in [0.05, 0.1) is 0 Å². The molecule has 0 aliphatic heterocycles. The summed E-state index contributed by atoms with van der Waals surface area (Å²) in [6, 6.07) is 0. The third-order valence-electron chi connectivity index (χ3n) is 1.10. The van der Waals surface area contributed by atoms with E-state index in [1.165, 1.54) is 0 Å². The zero-order chi connectivity index (χ0) is 7.82. The molecule has 0 amide bonds. The molecule has 0 bridgehead atoms. The first-order valence-corrected chi connectivity index (χ1v) is 4.98. The summed E-state index contributed by atoms with van der Waals surface area (Å²) in [5, 5.41) is 3.24. The number of hydrogen-bond acceptors (Lipinski definition) is 2. The molecule has 0 saturated carbocycles. The second-order valence-electron chi connectivity index (χ2n) is 2.12. The molecule has 0 aliphatic carbocycles. The molecule has 0 fully saturated rings. The third kappa shape index (κ3) is 8.65. The van der Waals surface area contributed by atoms with E-state index < -0.39 is 0 Å². The van der Waals surface area contributed by atoms with Crippen LogP contribution in [-0.2, 0) is 4.74 Å². The fourth-order valence-electron chi connectivity index (χ4n) is 0.620. The first-order chi connectivity index (χ1) is 4.77. The monoisotopic (exact) mass is 257 g/mol. The molecule has 1 unspecified atom stereocenters. The van der Waals surface area contributed by atoms with E-state index in [0.29, 0.717) is 4.11 Å². The first kappa shape index (κ1) is 10.7. The highest BCUT2D eigenvalue weighted by atomic mass is 127. The molecular formula is C7H16INO. The number of halogens is 1. The van der Waals surface area contributed by atoms with Crippen molar-refractivity contribution in [2.24, 2.45) is 0 Å². The Labute approximate surface area is 76.9 Å². The van der Waals surface area contributed by atoms with E-state index >= 15 is 0 Å². The van der Waals surface area contributed by atoms with Crippen LogP contribution in [0.25, 0.3) is 0 Å². The molecule has 0 aromatic rings. The van der Waals surface area contributed by atoms with Crippen LogP contribution >= 0.6 is 22.6 Å². The summed E-state index contributed by atoms with van der Waals surface area (Å²) in [6.07, 6.45) is 1.11. The molecule has 10 heavy (non-hydrogen) atoms. The molecule has 1 atom stereocenters. The van der Waals surface area contributed by atoms with Crippen LogP contribution in [0, 0.1) is 0 Å². The number of ether oxygens (including phenoxy) is 1. The molecule has 0 heterocycles. The maximum absolute atomic E-state index is 5.34. The third-order valence-corrected chi connectivity index (χ3v) is 1.45. The van der Waals surface area contributed by atoms with Crippen molar-refractivity contribution in [3.63, 3.8) is 0 Å². The summed E-state index contributed by atoms with van der Waals surface area (Å²) in [7, 11) is 0. The zero-order valence-corrected chi connectivity index (χ0v) is 8.85. The maximum Gasteiger partial charge on any atom is 0.106 e. The Kier molecular flexibility index (Phi) is 8.26. The first-order valence-electron chi connectivity index (χ1n) is 3.73. The Balaban J connectivity index is 2.77. The van der Waals surface area contributed by atoms with Gasteiger partial charge in [0.1, 0.15) is 4.11 Å². The number of hydrogen-bond donors (Lipinski definition) is 1. The van der Waals surface area contributed by atoms with Crippen molar-refractivity contribution in [3.8, 4) is 0 Å². The van der Waals surface area contributed by atoms with E-state index in [1.54, 1.807) is 0 Å². The van der Waals surface area contributed by atoms with E-state index in [4.69, 9.17) is 4.74 Å². The highest BCUT2D eigenvalue weighted by Crippen LogP contribution is 1.99. The van der Waals surface area contributed by atoms with Crippen LogP contribution in [0.5, 0.6) is 0 Å². The fourth-order valence-corrected chi connectivity index (χ4v) is 0.874. The van der Waals surface area contributed by atoms with Crippen molar-refractivity contribution in [3.05, 3.63) is 0 Å². The van der Waals surface area contributed by atoms with Gasteiger partial charge in [-0.3, -0.25) is 0 Å². The molecule has 1 N–H and O–H groups in total. The van der Waals surface area contributed by atoms with Gasteiger partial charge in [-0.05, 0) is 26.4 Å². The molecule has 3 heteroatoms. The lowest BCUT2D eigenvalue weighted by Gasteiger charge is -2.05. The lowest BCUT2D eigenvalue weighted by molar-refractivity contribution is 0.132. The smallest absolute Gasteiger partial charge is 0.106 e. The minimum atomic E-state index is 0.347. The van der Waals surface area contributed by atoms with Crippen molar-refractivity contribution < 1.29 is 4.74 Å². The highest BCUT2D eigenvalue weighted by molar-refractivity contribution is 14.1. The van der Waals surface area contributed by atoms with Crippen LogP contribution in [0.1, 0.15) is 20.3 Å². The molecule has 62 valence electrons. The van der Waals surface area contributed by atoms with Crippen LogP contribution in [0.15, 0.2) is 0 Å². The van der Waals surface area contributed by atoms with Crippen molar-refractivity contribution in [1.29, 1.82) is 0 Å². The average Bonchev–Trinajstić information content (AvgIpc) is 1.87. The molecular weight excluding hydrogens is 241 g/mol. The van der Waals surface area contributed by atoms with Gasteiger partial charge >= 0.3 is 0 Å². The Morgan fingerprint density at radius 3 is 2.80 bits per heavy atom. The van der Waals surface area contributed by atoms with Crippen LogP contribution in [0.4, 0.5) is 0 Å². The van der Waals surface area contributed by atoms with Gasteiger partial charge in [0, 0.05) is 6.61 Å². The average molecular weight is 257 g/mol. The SMILES string of the molecule is CCNCCCOC(C)I. The molecule has 0 saturated heterocycles. The van der Waals surface area contributed by atoms with Crippen molar-refractivity contribution in [2.45, 2.75) is 24.4 Å². The van der Waals surface area contributed by atoms with E-state index in [1.807, 2.05) is 6.92 Å². The van der Waals surface area contributed by atoms with Gasteiger partial charge in [-0.15, -0.1) is 0 Å². The fraction of sp³-hybridized carbons (Fsp3) is 1.00. The topological polar surface area (TPSA) is 21.3 Å². The summed E-state index contributed by atoms with van der Waals surface area (Å²) >= 11 is 2.26. The summed E-state index contributed by atoms with van der Waals surface area (Å²) < 4.78 is 5.68. The van der Waals surface area contributed by atoms with Gasteiger partial charge in [0.15, 0.2) is 0 Å². The second kappa shape index (κ2) is 7.75. The van der Waals surface area contributed by atoms with Crippen molar-refractivity contribution in [2.75, 3.05) is 19.7 Å². The molecule has 0 rings (SSSR count). The molecule has 0 aromatic heterocycles. The van der Waals surface area contributed by atoms with Gasteiger partial charge in [0.2, 0.25) is 0 Å². The van der Waals surface area contributed by atoms with Gasteiger partial charge < -0.3 is 10.1 Å².